The highest BCUT2D eigenvalue weighted by molar-refractivity contribution is 5.76. The zero-order valence-electron chi connectivity index (χ0n) is 15.8. The fraction of sp³-hybridized carbons (Fsp3) is 0.812. The number of hydrogen-bond acceptors (Lipinski definition) is 8. The molecule has 1 saturated heterocycles. The molecule has 2 heterocycles. The second kappa shape index (κ2) is 11.6. The van der Waals surface area contributed by atoms with Crippen molar-refractivity contribution in [1.29, 1.82) is 0 Å². The standard InChI is InChI=1S/C15H27N5O4.CH2O2/c1-12-16-17-18-20(12)8-5-14(23)19-7-4-13(22)15(10-19,11-21)6-3-9-24-2;2-1-3/h13,21-22H,3-11H2,1-2H3;1H,(H,2,3)/t13-,15+;/m1./s1. The van der Waals surface area contributed by atoms with Crippen LogP contribution in [0, 0.1) is 12.3 Å². The Bertz CT molecular complexity index is 583. The molecule has 1 aliphatic rings. The number of likely N-dealkylation sites (tertiary alicyclic amines) is 1. The zero-order chi connectivity index (χ0) is 20.3. The van der Waals surface area contributed by atoms with Gasteiger partial charge in [0.25, 0.3) is 6.47 Å². The van der Waals surface area contributed by atoms with E-state index in [1.54, 1.807) is 23.6 Å². The molecule has 11 heteroatoms. The van der Waals surface area contributed by atoms with Crippen molar-refractivity contribution in [2.45, 2.75) is 45.3 Å². The van der Waals surface area contributed by atoms with Gasteiger partial charge in [-0.1, -0.05) is 0 Å². The Morgan fingerprint density at radius 3 is 2.74 bits per heavy atom. The first-order chi connectivity index (χ1) is 12.9. The fourth-order valence-corrected chi connectivity index (χ4v) is 3.23. The van der Waals surface area contributed by atoms with Gasteiger partial charge in [-0.25, -0.2) is 4.68 Å². The van der Waals surface area contributed by atoms with E-state index in [1.165, 1.54) is 0 Å². The molecule has 0 aromatic carbocycles. The minimum atomic E-state index is -0.669. The number of hydrogen-bond donors (Lipinski definition) is 3. The number of tetrazole rings is 1. The summed E-state index contributed by atoms with van der Waals surface area (Å²) in [4.78, 5) is 22.6. The number of aromatic nitrogens is 4. The quantitative estimate of drug-likeness (QED) is 0.379. The summed E-state index contributed by atoms with van der Waals surface area (Å²) in [6.07, 6.45) is 1.52. The van der Waals surface area contributed by atoms with Crippen LogP contribution in [0.5, 0.6) is 0 Å². The fourth-order valence-electron chi connectivity index (χ4n) is 3.23. The van der Waals surface area contributed by atoms with Gasteiger partial charge >= 0.3 is 0 Å². The number of carboxylic acid groups (broad SMARTS) is 1. The van der Waals surface area contributed by atoms with Crippen LogP contribution >= 0.6 is 0 Å². The van der Waals surface area contributed by atoms with E-state index in [-0.39, 0.29) is 19.0 Å². The molecule has 0 spiro atoms. The number of carbonyl (C=O) groups is 2. The number of methoxy groups -OCH3 is 1. The summed E-state index contributed by atoms with van der Waals surface area (Å²) in [6.45, 7) is 3.25. The SMILES string of the molecule is COCCC[C@@]1(CO)CN(C(=O)CCn2nnnc2C)CC[C@H]1O.O=CO. The second-order valence-electron chi connectivity index (χ2n) is 6.54. The number of aliphatic hydroxyl groups excluding tert-OH is 2. The molecule has 0 aliphatic carbocycles. The van der Waals surface area contributed by atoms with Gasteiger partial charge in [0.2, 0.25) is 5.91 Å². The third kappa shape index (κ3) is 6.52. The summed E-state index contributed by atoms with van der Waals surface area (Å²) in [5.74, 6) is 0.655. The minimum Gasteiger partial charge on any atom is -0.483 e. The summed E-state index contributed by atoms with van der Waals surface area (Å²) in [5.41, 5.74) is -0.669. The third-order valence-electron chi connectivity index (χ3n) is 4.82. The van der Waals surface area contributed by atoms with E-state index in [1.807, 2.05) is 0 Å². The van der Waals surface area contributed by atoms with Gasteiger partial charge < -0.3 is 25.0 Å². The number of rotatable bonds is 8. The van der Waals surface area contributed by atoms with Crippen molar-refractivity contribution in [1.82, 2.24) is 25.1 Å². The summed E-state index contributed by atoms with van der Waals surface area (Å²) in [6, 6.07) is 0. The lowest BCUT2D eigenvalue weighted by atomic mass is 9.74. The lowest BCUT2D eigenvalue weighted by Crippen LogP contribution is -2.55. The maximum atomic E-state index is 12.5. The van der Waals surface area contributed by atoms with E-state index < -0.39 is 11.5 Å². The first kappa shape index (κ1) is 22.9. The van der Waals surface area contributed by atoms with Gasteiger partial charge in [-0.15, -0.1) is 5.10 Å². The van der Waals surface area contributed by atoms with Crippen molar-refractivity contribution < 1.29 is 29.6 Å². The molecule has 2 rings (SSSR count). The van der Waals surface area contributed by atoms with Gasteiger partial charge in [-0.05, 0) is 36.6 Å². The van der Waals surface area contributed by atoms with E-state index >= 15 is 0 Å². The molecule has 0 bridgehead atoms. The van der Waals surface area contributed by atoms with Gasteiger partial charge in [0.15, 0.2) is 0 Å². The average molecular weight is 387 g/mol. The number of aliphatic hydroxyl groups is 2. The monoisotopic (exact) mass is 387 g/mol. The Hall–Kier alpha value is -2.11. The van der Waals surface area contributed by atoms with E-state index in [0.29, 0.717) is 51.3 Å². The van der Waals surface area contributed by atoms with Crippen molar-refractivity contribution >= 4 is 12.4 Å². The normalized spacial score (nSPS) is 22.1. The Balaban J connectivity index is 0.00000114. The molecule has 1 aliphatic heterocycles. The first-order valence-corrected chi connectivity index (χ1v) is 8.80. The van der Waals surface area contributed by atoms with Crippen molar-refractivity contribution in [2.24, 2.45) is 5.41 Å². The van der Waals surface area contributed by atoms with Gasteiger partial charge in [0, 0.05) is 38.6 Å². The van der Waals surface area contributed by atoms with Gasteiger partial charge in [0.05, 0.1) is 19.3 Å². The molecule has 154 valence electrons. The largest absolute Gasteiger partial charge is 0.483 e. The van der Waals surface area contributed by atoms with Gasteiger partial charge in [0.1, 0.15) is 5.82 Å². The van der Waals surface area contributed by atoms with Gasteiger partial charge in [-0.2, -0.15) is 0 Å². The number of nitrogens with zero attached hydrogens (tertiary/aromatic N) is 5. The van der Waals surface area contributed by atoms with Gasteiger partial charge in [-0.3, -0.25) is 9.59 Å². The predicted octanol–water partition coefficient (Wildman–Crippen LogP) is -0.929. The van der Waals surface area contributed by atoms with Crippen LogP contribution in [0.3, 0.4) is 0 Å². The molecule has 27 heavy (non-hydrogen) atoms. The molecule has 3 N–H and O–H groups in total. The van der Waals surface area contributed by atoms with Crippen LogP contribution in [0.1, 0.15) is 31.5 Å². The number of ether oxygens (including phenoxy) is 1. The molecule has 0 radical (unpaired) electrons. The highest BCUT2D eigenvalue weighted by Crippen LogP contribution is 2.35. The Labute approximate surface area is 157 Å². The Morgan fingerprint density at radius 2 is 2.19 bits per heavy atom. The molecule has 0 unspecified atom stereocenters. The molecule has 1 aromatic rings. The molecular formula is C16H29N5O6. The molecular weight excluding hydrogens is 358 g/mol. The number of piperidine rings is 1. The smallest absolute Gasteiger partial charge is 0.290 e. The van der Waals surface area contributed by atoms with Crippen LogP contribution in [0.2, 0.25) is 0 Å². The summed E-state index contributed by atoms with van der Waals surface area (Å²) in [5, 5.41) is 38.3. The summed E-state index contributed by atoms with van der Waals surface area (Å²) >= 11 is 0. The highest BCUT2D eigenvalue weighted by Gasteiger charge is 2.43. The maximum absolute atomic E-state index is 12.5. The molecule has 2 atom stereocenters. The lowest BCUT2D eigenvalue weighted by Gasteiger charge is -2.45. The predicted molar refractivity (Wildman–Crippen MR) is 93.7 cm³/mol. The third-order valence-corrected chi connectivity index (χ3v) is 4.82. The van der Waals surface area contributed by atoms with Crippen LogP contribution in [-0.4, -0.2) is 92.3 Å². The van der Waals surface area contributed by atoms with E-state index in [9.17, 15) is 15.0 Å². The second-order valence-corrected chi connectivity index (χ2v) is 6.54. The molecule has 1 amide bonds. The zero-order valence-corrected chi connectivity index (χ0v) is 15.8. The molecule has 1 fully saturated rings. The van der Waals surface area contributed by atoms with E-state index in [0.717, 1.165) is 6.42 Å². The molecule has 11 nitrogen and oxygen atoms in total. The van der Waals surface area contributed by atoms with Crippen molar-refractivity contribution in [3.8, 4) is 0 Å². The summed E-state index contributed by atoms with van der Waals surface area (Å²) in [7, 11) is 1.62. The number of carbonyl (C=O) groups excluding carboxylic acids is 1. The van der Waals surface area contributed by atoms with E-state index in [4.69, 9.17) is 14.6 Å². The molecule has 1 aromatic heterocycles. The topological polar surface area (TPSA) is 151 Å². The number of aryl methyl sites for hydroxylation is 2. The Morgan fingerprint density at radius 1 is 1.48 bits per heavy atom. The maximum Gasteiger partial charge on any atom is 0.290 e. The minimum absolute atomic E-state index is 0.0126. The summed E-state index contributed by atoms with van der Waals surface area (Å²) < 4.78 is 6.65. The highest BCUT2D eigenvalue weighted by atomic mass is 16.5. The van der Waals surface area contributed by atoms with Crippen LogP contribution < -0.4 is 0 Å². The molecule has 0 saturated carbocycles. The Kier molecular flexibility index (Phi) is 9.83. The average Bonchev–Trinajstić information content (AvgIpc) is 3.07. The van der Waals surface area contributed by atoms with Crippen molar-refractivity contribution in [2.75, 3.05) is 33.4 Å². The van der Waals surface area contributed by atoms with Crippen molar-refractivity contribution in [3.63, 3.8) is 0 Å². The first-order valence-electron chi connectivity index (χ1n) is 8.80. The van der Waals surface area contributed by atoms with Crippen molar-refractivity contribution in [3.05, 3.63) is 5.82 Å². The van der Waals surface area contributed by atoms with E-state index in [2.05, 4.69) is 15.5 Å². The van der Waals surface area contributed by atoms with Crippen LogP contribution in [0.4, 0.5) is 0 Å². The lowest BCUT2D eigenvalue weighted by molar-refractivity contribution is -0.143. The van der Waals surface area contributed by atoms with Crippen LogP contribution in [0.15, 0.2) is 0 Å². The number of amides is 1. The van der Waals surface area contributed by atoms with Crippen LogP contribution in [0.25, 0.3) is 0 Å². The van der Waals surface area contributed by atoms with Crippen LogP contribution in [-0.2, 0) is 20.9 Å².